The number of ether oxygens (including phenoxy) is 2. The van der Waals surface area contributed by atoms with Gasteiger partial charge in [-0.05, 0) is 37.1 Å². The summed E-state index contributed by atoms with van der Waals surface area (Å²) in [6, 6.07) is 5.80. The number of methoxy groups -OCH3 is 1. The van der Waals surface area contributed by atoms with Crippen LogP contribution in [0.1, 0.15) is 18.9 Å². The van der Waals surface area contributed by atoms with Crippen molar-refractivity contribution in [2.24, 2.45) is 0 Å². The van der Waals surface area contributed by atoms with E-state index in [1.54, 1.807) is 6.92 Å². The van der Waals surface area contributed by atoms with E-state index in [2.05, 4.69) is 15.9 Å². The Bertz CT molecular complexity index is 430. The van der Waals surface area contributed by atoms with Crippen LogP contribution in [0.15, 0.2) is 22.7 Å². The van der Waals surface area contributed by atoms with Crippen molar-refractivity contribution in [3.63, 3.8) is 0 Å². The van der Waals surface area contributed by atoms with Gasteiger partial charge >= 0.3 is 5.97 Å². The summed E-state index contributed by atoms with van der Waals surface area (Å²) in [7, 11) is 1.38. The number of halogens is 1. The van der Waals surface area contributed by atoms with Crippen LogP contribution in [-0.2, 0) is 16.0 Å². The number of hydrogen-bond acceptors (Lipinski definition) is 3. The minimum atomic E-state index is -0.852. The molecule has 1 aliphatic rings. The van der Waals surface area contributed by atoms with E-state index in [1.807, 2.05) is 18.2 Å². The molecule has 0 amide bonds. The standard InChI is InChI=1S/C12H13BrO3/c1-12(11(14)15-2)6-5-8-7-9(13)3-4-10(8)16-12/h3-4,7H,5-6H2,1-2H3. The molecule has 1 aliphatic heterocycles. The summed E-state index contributed by atoms with van der Waals surface area (Å²) in [5.74, 6) is 0.448. The topological polar surface area (TPSA) is 35.5 Å². The van der Waals surface area contributed by atoms with Gasteiger partial charge in [0.1, 0.15) is 5.75 Å². The molecule has 1 aromatic rings. The zero-order valence-electron chi connectivity index (χ0n) is 9.25. The van der Waals surface area contributed by atoms with E-state index in [1.165, 1.54) is 7.11 Å². The molecule has 0 saturated heterocycles. The molecule has 0 spiro atoms. The first-order valence-corrected chi connectivity index (χ1v) is 5.90. The SMILES string of the molecule is COC(=O)C1(C)CCc2cc(Br)ccc2O1. The van der Waals surface area contributed by atoms with Gasteiger partial charge in [0.2, 0.25) is 5.60 Å². The van der Waals surface area contributed by atoms with E-state index in [0.29, 0.717) is 6.42 Å². The summed E-state index contributed by atoms with van der Waals surface area (Å²) in [6.45, 7) is 1.77. The van der Waals surface area contributed by atoms with Crippen molar-refractivity contribution in [1.29, 1.82) is 0 Å². The Labute approximate surface area is 103 Å². The third kappa shape index (κ3) is 1.94. The molecule has 1 atom stereocenters. The van der Waals surface area contributed by atoms with Crippen molar-refractivity contribution in [2.75, 3.05) is 7.11 Å². The van der Waals surface area contributed by atoms with Crippen LogP contribution in [0.3, 0.4) is 0 Å². The molecule has 16 heavy (non-hydrogen) atoms. The van der Waals surface area contributed by atoms with Gasteiger partial charge in [-0.1, -0.05) is 15.9 Å². The largest absolute Gasteiger partial charge is 0.476 e. The second kappa shape index (κ2) is 4.09. The number of carbonyl (C=O) groups excluding carboxylic acids is 1. The first-order valence-electron chi connectivity index (χ1n) is 5.11. The van der Waals surface area contributed by atoms with Gasteiger partial charge < -0.3 is 9.47 Å². The quantitative estimate of drug-likeness (QED) is 0.744. The third-order valence-electron chi connectivity index (χ3n) is 2.85. The number of hydrogen-bond donors (Lipinski definition) is 0. The maximum atomic E-state index is 11.6. The Morgan fingerprint density at radius 3 is 3.00 bits per heavy atom. The highest BCUT2D eigenvalue weighted by atomic mass is 79.9. The van der Waals surface area contributed by atoms with Crippen LogP contribution in [0.25, 0.3) is 0 Å². The minimum Gasteiger partial charge on any atom is -0.476 e. The van der Waals surface area contributed by atoms with Crippen molar-refractivity contribution < 1.29 is 14.3 Å². The maximum Gasteiger partial charge on any atom is 0.349 e. The van der Waals surface area contributed by atoms with Crippen LogP contribution in [0.5, 0.6) is 5.75 Å². The van der Waals surface area contributed by atoms with Crippen LogP contribution in [0.4, 0.5) is 0 Å². The lowest BCUT2D eigenvalue weighted by Gasteiger charge is -2.33. The Morgan fingerprint density at radius 1 is 1.56 bits per heavy atom. The van der Waals surface area contributed by atoms with E-state index < -0.39 is 5.60 Å². The Kier molecular flexibility index (Phi) is 2.93. The van der Waals surface area contributed by atoms with E-state index in [-0.39, 0.29) is 5.97 Å². The molecular formula is C12H13BrO3. The number of rotatable bonds is 1. The molecule has 0 fully saturated rings. The van der Waals surface area contributed by atoms with Crippen LogP contribution in [0, 0.1) is 0 Å². The fraction of sp³-hybridized carbons (Fsp3) is 0.417. The van der Waals surface area contributed by atoms with Crippen LogP contribution in [0.2, 0.25) is 0 Å². The summed E-state index contributed by atoms with van der Waals surface area (Å²) >= 11 is 3.41. The first-order chi connectivity index (χ1) is 7.55. The second-order valence-electron chi connectivity index (χ2n) is 4.08. The normalized spacial score (nSPS) is 23.2. The highest BCUT2D eigenvalue weighted by Gasteiger charge is 2.39. The molecule has 2 rings (SSSR count). The van der Waals surface area contributed by atoms with E-state index in [9.17, 15) is 4.79 Å². The van der Waals surface area contributed by atoms with Gasteiger partial charge in [-0.15, -0.1) is 0 Å². The Hall–Kier alpha value is -1.03. The van der Waals surface area contributed by atoms with E-state index >= 15 is 0 Å². The van der Waals surface area contributed by atoms with Crippen molar-refractivity contribution in [3.05, 3.63) is 28.2 Å². The highest BCUT2D eigenvalue weighted by molar-refractivity contribution is 9.10. The van der Waals surface area contributed by atoms with Crippen LogP contribution >= 0.6 is 15.9 Å². The number of aryl methyl sites for hydroxylation is 1. The molecule has 3 nitrogen and oxygen atoms in total. The van der Waals surface area contributed by atoms with Crippen molar-refractivity contribution in [1.82, 2.24) is 0 Å². The number of benzene rings is 1. The lowest BCUT2D eigenvalue weighted by molar-refractivity contribution is -0.159. The summed E-state index contributed by atoms with van der Waals surface area (Å²) < 4.78 is 11.5. The molecule has 1 unspecified atom stereocenters. The Balaban J connectivity index is 2.30. The molecule has 0 saturated carbocycles. The van der Waals surface area contributed by atoms with Gasteiger partial charge in [0, 0.05) is 10.9 Å². The summed E-state index contributed by atoms with van der Waals surface area (Å²) in [4.78, 5) is 11.6. The molecule has 0 aromatic heterocycles. The number of fused-ring (bicyclic) bond motifs is 1. The maximum absolute atomic E-state index is 11.6. The molecular weight excluding hydrogens is 272 g/mol. The van der Waals surface area contributed by atoms with E-state index in [4.69, 9.17) is 9.47 Å². The number of esters is 1. The molecule has 0 bridgehead atoms. The third-order valence-corrected chi connectivity index (χ3v) is 3.34. The van der Waals surface area contributed by atoms with Gasteiger partial charge in [0.05, 0.1) is 7.11 Å². The summed E-state index contributed by atoms with van der Waals surface area (Å²) in [5.41, 5.74) is 0.269. The van der Waals surface area contributed by atoms with Crippen molar-refractivity contribution in [2.45, 2.75) is 25.4 Å². The Morgan fingerprint density at radius 2 is 2.31 bits per heavy atom. The lowest BCUT2D eigenvalue weighted by Crippen LogP contribution is -2.45. The van der Waals surface area contributed by atoms with Crippen LogP contribution in [-0.4, -0.2) is 18.7 Å². The smallest absolute Gasteiger partial charge is 0.349 e. The molecule has 4 heteroatoms. The molecule has 0 aliphatic carbocycles. The molecule has 0 N–H and O–H groups in total. The van der Waals surface area contributed by atoms with Gasteiger partial charge in [0.25, 0.3) is 0 Å². The fourth-order valence-electron chi connectivity index (χ4n) is 1.87. The monoisotopic (exact) mass is 284 g/mol. The average molecular weight is 285 g/mol. The second-order valence-corrected chi connectivity index (χ2v) is 4.99. The molecule has 86 valence electrons. The fourth-order valence-corrected chi connectivity index (χ4v) is 2.28. The molecule has 0 radical (unpaired) electrons. The number of carbonyl (C=O) groups is 1. The van der Waals surface area contributed by atoms with Gasteiger partial charge in [-0.2, -0.15) is 0 Å². The highest BCUT2D eigenvalue weighted by Crippen LogP contribution is 2.35. The summed E-state index contributed by atoms with van der Waals surface area (Å²) in [6.07, 6.45) is 1.46. The lowest BCUT2D eigenvalue weighted by atomic mass is 9.93. The molecule has 1 aromatic carbocycles. The van der Waals surface area contributed by atoms with Crippen molar-refractivity contribution >= 4 is 21.9 Å². The van der Waals surface area contributed by atoms with Gasteiger partial charge in [-0.3, -0.25) is 0 Å². The predicted molar refractivity (Wildman–Crippen MR) is 63.5 cm³/mol. The van der Waals surface area contributed by atoms with Crippen LogP contribution < -0.4 is 4.74 Å². The predicted octanol–water partition coefficient (Wildman–Crippen LogP) is 2.71. The van der Waals surface area contributed by atoms with Crippen molar-refractivity contribution in [3.8, 4) is 5.75 Å². The summed E-state index contributed by atoms with van der Waals surface area (Å²) in [5, 5.41) is 0. The van der Waals surface area contributed by atoms with Gasteiger partial charge in [-0.25, -0.2) is 4.79 Å². The first kappa shape index (κ1) is 11.5. The zero-order valence-corrected chi connectivity index (χ0v) is 10.8. The average Bonchev–Trinajstić information content (AvgIpc) is 2.28. The van der Waals surface area contributed by atoms with Gasteiger partial charge in [0.15, 0.2) is 0 Å². The van der Waals surface area contributed by atoms with E-state index in [0.717, 1.165) is 22.2 Å². The molecule has 1 heterocycles. The zero-order chi connectivity index (χ0) is 11.8. The minimum absolute atomic E-state index is 0.318.